The van der Waals surface area contributed by atoms with Crippen LogP contribution in [0.3, 0.4) is 0 Å². The summed E-state index contributed by atoms with van der Waals surface area (Å²) in [6, 6.07) is 3.39. The number of likely N-dealkylation sites (N-methyl/N-ethyl adjacent to an activating group) is 1. The molecule has 2 heterocycles. The quantitative estimate of drug-likeness (QED) is 0.826. The Morgan fingerprint density at radius 2 is 2.16 bits per heavy atom. The predicted octanol–water partition coefficient (Wildman–Crippen LogP) is 0.397. The van der Waals surface area contributed by atoms with E-state index in [1.54, 1.807) is 24.2 Å². The van der Waals surface area contributed by atoms with E-state index in [0.717, 1.165) is 25.9 Å². The number of carboxylic acids is 1. The van der Waals surface area contributed by atoms with Gasteiger partial charge in [-0.15, -0.1) is 0 Å². The third kappa shape index (κ3) is 3.14. The van der Waals surface area contributed by atoms with Gasteiger partial charge in [-0.3, -0.25) is 4.79 Å². The average Bonchev–Trinajstić information content (AvgIpc) is 2.87. The van der Waals surface area contributed by atoms with E-state index in [9.17, 15) is 9.59 Å². The Hall–Kier alpha value is -1.82. The molecule has 0 spiro atoms. The fourth-order valence-electron chi connectivity index (χ4n) is 2.40. The topological polar surface area (TPSA) is 74.6 Å². The Kier molecular flexibility index (Phi) is 4.21. The first-order valence-electron chi connectivity index (χ1n) is 6.44. The van der Waals surface area contributed by atoms with Crippen molar-refractivity contribution >= 4 is 11.9 Å². The fraction of sp³-hybridized carbons (Fsp3) is 0.538. The molecule has 6 nitrogen and oxygen atoms in total. The van der Waals surface area contributed by atoms with Crippen LogP contribution in [0, 0.1) is 0 Å². The summed E-state index contributed by atoms with van der Waals surface area (Å²) in [5, 5.41) is 12.3. The minimum atomic E-state index is -1.01. The van der Waals surface area contributed by atoms with E-state index in [0.29, 0.717) is 0 Å². The van der Waals surface area contributed by atoms with Gasteiger partial charge in [0.25, 0.3) is 0 Å². The lowest BCUT2D eigenvalue weighted by molar-refractivity contribution is -0.133. The van der Waals surface area contributed by atoms with Crippen molar-refractivity contribution in [3.63, 3.8) is 0 Å². The molecule has 2 rings (SSSR count). The van der Waals surface area contributed by atoms with E-state index < -0.39 is 5.97 Å². The molecule has 1 saturated heterocycles. The number of piperidine rings is 1. The molecule has 0 aliphatic carbocycles. The molecule has 2 N–H and O–H groups in total. The summed E-state index contributed by atoms with van der Waals surface area (Å²) in [4.78, 5) is 24.9. The molecule has 1 aliphatic heterocycles. The van der Waals surface area contributed by atoms with Crippen LogP contribution in [-0.4, -0.2) is 52.6 Å². The van der Waals surface area contributed by atoms with Crippen LogP contribution in [0.1, 0.15) is 23.3 Å². The minimum absolute atomic E-state index is 0.0504. The first-order chi connectivity index (χ1) is 9.09. The van der Waals surface area contributed by atoms with E-state index in [2.05, 4.69) is 5.32 Å². The van der Waals surface area contributed by atoms with Crippen LogP contribution >= 0.6 is 0 Å². The Balaban J connectivity index is 1.99. The molecule has 1 amide bonds. The van der Waals surface area contributed by atoms with Gasteiger partial charge in [0.1, 0.15) is 12.2 Å². The Morgan fingerprint density at radius 1 is 1.47 bits per heavy atom. The van der Waals surface area contributed by atoms with Crippen LogP contribution in [0.5, 0.6) is 0 Å². The lowest BCUT2D eigenvalue weighted by Gasteiger charge is -2.31. The molecule has 1 fully saturated rings. The highest BCUT2D eigenvalue weighted by Crippen LogP contribution is 2.11. The van der Waals surface area contributed by atoms with E-state index in [1.165, 1.54) is 10.6 Å². The van der Waals surface area contributed by atoms with E-state index in [-0.39, 0.29) is 24.2 Å². The number of carbonyl (C=O) groups excluding carboxylic acids is 1. The summed E-state index contributed by atoms with van der Waals surface area (Å²) in [6.07, 6.45) is 3.51. The number of amides is 1. The smallest absolute Gasteiger partial charge is 0.352 e. The first kappa shape index (κ1) is 13.6. The van der Waals surface area contributed by atoms with Gasteiger partial charge in [0.2, 0.25) is 5.91 Å². The molecule has 0 aromatic carbocycles. The molecule has 0 unspecified atom stereocenters. The molecule has 1 aromatic heterocycles. The third-order valence-corrected chi connectivity index (χ3v) is 3.60. The summed E-state index contributed by atoms with van der Waals surface area (Å²) >= 11 is 0. The number of carboxylic acid groups (broad SMARTS) is 1. The molecular weight excluding hydrogens is 246 g/mol. The number of rotatable bonds is 4. The molecule has 1 aromatic rings. The Morgan fingerprint density at radius 3 is 2.79 bits per heavy atom. The van der Waals surface area contributed by atoms with Gasteiger partial charge in [0.05, 0.1) is 0 Å². The molecule has 104 valence electrons. The zero-order valence-electron chi connectivity index (χ0n) is 11.0. The molecule has 1 aliphatic rings. The number of aromatic carboxylic acids is 1. The number of hydrogen-bond acceptors (Lipinski definition) is 3. The average molecular weight is 265 g/mol. The molecule has 0 bridgehead atoms. The predicted molar refractivity (Wildman–Crippen MR) is 70.1 cm³/mol. The molecule has 0 atom stereocenters. The molecular formula is C13H19N3O3. The number of hydrogen-bond donors (Lipinski definition) is 2. The van der Waals surface area contributed by atoms with Crippen molar-refractivity contribution in [2.24, 2.45) is 0 Å². The van der Waals surface area contributed by atoms with Gasteiger partial charge in [0.15, 0.2) is 0 Å². The highest BCUT2D eigenvalue weighted by atomic mass is 16.4. The standard InChI is InChI=1S/C13H19N3O3/c1-15(10-4-6-14-7-5-10)12(17)9-16-8-2-3-11(16)13(18)19/h2-3,8,10,14H,4-7,9H2,1H3,(H,18,19). The summed E-state index contributed by atoms with van der Waals surface area (Å²) in [5.41, 5.74) is 0.145. The van der Waals surface area contributed by atoms with Crippen molar-refractivity contribution in [3.8, 4) is 0 Å². The summed E-state index contributed by atoms with van der Waals surface area (Å²) < 4.78 is 1.47. The van der Waals surface area contributed by atoms with E-state index in [1.807, 2.05) is 0 Å². The lowest BCUT2D eigenvalue weighted by Crippen LogP contribution is -2.45. The van der Waals surface area contributed by atoms with Crippen LogP contribution in [0.2, 0.25) is 0 Å². The van der Waals surface area contributed by atoms with E-state index in [4.69, 9.17) is 5.11 Å². The van der Waals surface area contributed by atoms with Crippen LogP contribution in [-0.2, 0) is 11.3 Å². The lowest BCUT2D eigenvalue weighted by atomic mass is 10.1. The van der Waals surface area contributed by atoms with Crippen molar-refractivity contribution in [3.05, 3.63) is 24.0 Å². The molecule has 19 heavy (non-hydrogen) atoms. The Bertz CT molecular complexity index is 463. The van der Waals surface area contributed by atoms with Gasteiger partial charge < -0.3 is 19.9 Å². The summed E-state index contributed by atoms with van der Waals surface area (Å²) in [7, 11) is 1.79. The van der Waals surface area contributed by atoms with E-state index >= 15 is 0 Å². The van der Waals surface area contributed by atoms with Crippen molar-refractivity contribution < 1.29 is 14.7 Å². The van der Waals surface area contributed by atoms with Gasteiger partial charge in [0, 0.05) is 19.3 Å². The highest BCUT2D eigenvalue weighted by molar-refractivity contribution is 5.86. The number of carbonyl (C=O) groups is 2. The number of aromatic nitrogens is 1. The zero-order chi connectivity index (χ0) is 13.8. The normalized spacial score (nSPS) is 16.3. The van der Waals surface area contributed by atoms with Crippen molar-refractivity contribution in [1.29, 1.82) is 0 Å². The van der Waals surface area contributed by atoms with Gasteiger partial charge in [-0.1, -0.05) is 0 Å². The van der Waals surface area contributed by atoms with Gasteiger partial charge >= 0.3 is 5.97 Å². The second-order valence-electron chi connectivity index (χ2n) is 4.81. The SMILES string of the molecule is CN(C(=O)Cn1cccc1C(=O)O)C1CCNCC1. The number of nitrogens with zero attached hydrogens (tertiary/aromatic N) is 2. The Labute approximate surface area is 112 Å². The largest absolute Gasteiger partial charge is 0.477 e. The van der Waals surface area contributed by atoms with Crippen LogP contribution < -0.4 is 5.32 Å². The summed E-state index contributed by atoms with van der Waals surface area (Å²) in [5.74, 6) is -1.06. The summed E-state index contributed by atoms with van der Waals surface area (Å²) in [6.45, 7) is 1.92. The van der Waals surface area contributed by atoms with Crippen LogP contribution in [0.15, 0.2) is 18.3 Å². The van der Waals surface area contributed by atoms with Crippen molar-refractivity contribution in [2.45, 2.75) is 25.4 Å². The molecule has 0 radical (unpaired) electrons. The van der Waals surface area contributed by atoms with Crippen LogP contribution in [0.4, 0.5) is 0 Å². The molecule has 0 saturated carbocycles. The second kappa shape index (κ2) is 5.88. The van der Waals surface area contributed by atoms with Crippen LogP contribution in [0.25, 0.3) is 0 Å². The van der Waals surface area contributed by atoms with Gasteiger partial charge in [-0.05, 0) is 38.1 Å². The maximum Gasteiger partial charge on any atom is 0.352 e. The highest BCUT2D eigenvalue weighted by Gasteiger charge is 2.22. The molecule has 6 heteroatoms. The third-order valence-electron chi connectivity index (χ3n) is 3.60. The number of nitrogens with one attached hydrogen (secondary N) is 1. The maximum atomic E-state index is 12.2. The van der Waals surface area contributed by atoms with Crippen molar-refractivity contribution in [1.82, 2.24) is 14.8 Å². The van der Waals surface area contributed by atoms with Crippen molar-refractivity contribution in [2.75, 3.05) is 20.1 Å². The maximum absolute atomic E-state index is 12.2. The zero-order valence-corrected chi connectivity index (χ0v) is 11.0. The van der Waals surface area contributed by atoms with Gasteiger partial charge in [-0.2, -0.15) is 0 Å². The minimum Gasteiger partial charge on any atom is -0.477 e. The van der Waals surface area contributed by atoms with Gasteiger partial charge in [-0.25, -0.2) is 4.79 Å². The monoisotopic (exact) mass is 265 g/mol. The second-order valence-corrected chi connectivity index (χ2v) is 4.81. The fourth-order valence-corrected chi connectivity index (χ4v) is 2.40. The first-order valence-corrected chi connectivity index (χ1v) is 6.44.